The van der Waals surface area contributed by atoms with Gasteiger partial charge in [-0.05, 0) is 90.8 Å². The second-order valence-electron chi connectivity index (χ2n) is 9.15. The van der Waals surface area contributed by atoms with Gasteiger partial charge in [0.15, 0.2) is 0 Å². The van der Waals surface area contributed by atoms with Crippen LogP contribution in [-0.2, 0) is 36.9 Å². The van der Waals surface area contributed by atoms with Gasteiger partial charge in [0.2, 0.25) is 0 Å². The largest absolute Gasteiger partial charge is 0.426 e. The molecule has 0 bridgehead atoms. The van der Waals surface area contributed by atoms with Crippen LogP contribution in [0.3, 0.4) is 0 Å². The van der Waals surface area contributed by atoms with Crippen molar-refractivity contribution in [2.24, 2.45) is 0 Å². The fourth-order valence-corrected chi connectivity index (χ4v) is 4.88. The molecule has 2 aromatic carbocycles. The molecule has 0 N–H and O–H groups in total. The summed E-state index contributed by atoms with van der Waals surface area (Å²) >= 11 is 0. The second-order valence-corrected chi connectivity index (χ2v) is 9.15. The quantitative estimate of drug-likeness (QED) is 0.212. The Morgan fingerprint density at radius 1 is 0.667 bits per heavy atom. The van der Waals surface area contributed by atoms with E-state index in [0.717, 1.165) is 31.4 Å². The summed E-state index contributed by atoms with van der Waals surface area (Å²) in [4.78, 5) is 12.2. The van der Waals surface area contributed by atoms with E-state index in [-0.39, 0.29) is 5.97 Å². The summed E-state index contributed by atoms with van der Waals surface area (Å²) in [7, 11) is 0. The van der Waals surface area contributed by atoms with Crippen LogP contribution in [0.1, 0.15) is 114 Å². The summed E-state index contributed by atoms with van der Waals surface area (Å²) in [5.74, 6) is 0.582. The van der Waals surface area contributed by atoms with Crippen molar-refractivity contribution in [2.75, 3.05) is 0 Å². The molecule has 0 unspecified atom stereocenters. The summed E-state index contributed by atoms with van der Waals surface area (Å²) in [6, 6.07) is 9.00. The first kappa shape index (κ1) is 27.2. The van der Waals surface area contributed by atoms with Crippen molar-refractivity contribution in [3.63, 3.8) is 0 Å². The lowest BCUT2D eigenvalue weighted by Gasteiger charge is -2.23. The van der Waals surface area contributed by atoms with Gasteiger partial charge in [0.1, 0.15) is 5.75 Å². The van der Waals surface area contributed by atoms with E-state index in [2.05, 4.69) is 52.8 Å². The van der Waals surface area contributed by atoms with E-state index >= 15 is 0 Å². The molecule has 0 amide bonds. The fourth-order valence-electron chi connectivity index (χ4n) is 4.88. The lowest BCUT2D eigenvalue weighted by atomic mass is 9.82. The minimum Gasteiger partial charge on any atom is -0.426 e. The number of aryl methyl sites for hydroxylation is 2. The van der Waals surface area contributed by atoms with E-state index in [9.17, 15) is 4.79 Å². The molecule has 0 saturated heterocycles. The van der Waals surface area contributed by atoms with Crippen LogP contribution in [0, 0.1) is 0 Å². The number of ether oxygens (including phenoxy) is 1. The van der Waals surface area contributed by atoms with E-state index in [0.29, 0.717) is 6.42 Å². The second kappa shape index (κ2) is 14.2. The number of hydrogen-bond donors (Lipinski definition) is 0. The van der Waals surface area contributed by atoms with Gasteiger partial charge in [0.25, 0.3) is 0 Å². The van der Waals surface area contributed by atoms with Crippen LogP contribution in [0.5, 0.6) is 5.75 Å². The Morgan fingerprint density at radius 2 is 1.24 bits per heavy atom. The minimum atomic E-state index is -0.161. The predicted octanol–water partition coefficient (Wildman–Crippen LogP) is 8.82. The minimum absolute atomic E-state index is 0.161. The van der Waals surface area contributed by atoms with Crippen molar-refractivity contribution in [2.45, 2.75) is 119 Å². The Hall–Kier alpha value is -2.09. The molecule has 0 spiro atoms. The van der Waals surface area contributed by atoms with Gasteiger partial charge in [0.05, 0.1) is 0 Å². The van der Waals surface area contributed by atoms with Crippen LogP contribution in [0.4, 0.5) is 0 Å². The number of hydrogen-bond acceptors (Lipinski definition) is 2. The predicted molar refractivity (Wildman–Crippen MR) is 142 cm³/mol. The van der Waals surface area contributed by atoms with Crippen molar-refractivity contribution in [3.05, 3.63) is 52.1 Å². The first-order valence-corrected chi connectivity index (χ1v) is 13.5. The third-order valence-corrected chi connectivity index (χ3v) is 6.75. The van der Waals surface area contributed by atoms with Crippen LogP contribution in [-0.4, -0.2) is 5.97 Å². The van der Waals surface area contributed by atoms with Gasteiger partial charge in [-0.2, -0.15) is 0 Å². The van der Waals surface area contributed by atoms with Crippen molar-refractivity contribution >= 4 is 5.97 Å². The Bertz CT molecular complexity index is 894. The number of carbonyl (C=O) groups is 1. The number of carbonyl (C=O) groups excluding carboxylic acids is 1. The molecule has 0 atom stereocenters. The molecule has 2 rings (SSSR count). The van der Waals surface area contributed by atoms with Gasteiger partial charge < -0.3 is 4.74 Å². The Morgan fingerprint density at radius 3 is 1.82 bits per heavy atom. The van der Waals surface area contributed by atoms with E-state index in [1.807, 2.05) is 13.0 Å². The average Bonchev–Trinajstić information content (AvgIpc) is 2.84. The molecular formula is C31H46O2. The number of unbranched alkanes of at least 4 members (excludes halogenated alkanes) is 3. The maximum absolute atomic E-state index is 12.2. The zero-order chi connectivity index (χ0) is 24.2. The third-order valence-electron chi connectivity index (χ3n) is 6.75. The van der Waals surface area contributed by atoms with Crippen molar-refractivity contribution < 1.29 is 9.53 Å². The molecule has 0 fully saturated rings. The van der Waals surface area contributed by atoms with Crippen molar-refractivity contribution in [3.8, 4) is 16.9 Å². The van der Waals surface area contributed by atoms with E-state index in [1.54, 1.807) is 5.56 Å². The van der Waals surface area contributed by atoms with Gasteiger partial charge in [-0.3, -0.25) is 4.79 Å². The molecule has 0 aliphatic rings. The van der Waals surface area contributed by atoms with Gasteiger partial charge in [-0.15, -0.1) is 0 Å². The smallest absolute Gasteiger partial charge is 0.310 e. The molecule has 182 valence electrons. The molecule has 2 heteroatoms. The summed E-state index contributed by atoms with van der Waals surface area (Å²) in [5.41, 5.74) is 9.87. The maximum Gasteiger partial charge on any atom is 0.310 e. The molecule has 2 aromatic rings. The van der Waals surface area contributed by atoms with Gasteiger partial charge >= 0.3 is 5.97 Å². The zero-order valence-electron chi connectivity index (χ0n) is 22.1. The standard InChI is InChI=1S/C31H46O2/c1-7-13-16-23-19-21-28(25(10-4)27(23)18-15-9-3)31-24(17-14-8-2)20-22-29(26(31)11-5)33-30(32)12-6/h19-22H,7-18H2,1-6H3. The highest BCUT2D eigenvalue weighted by Crippen LogP contribution is 2.40. The number of esters is 1. The summed E-state index contributed by atoms with van der Waals surface area (Å²) in [5, 5.41) is 0. The molecule has 33 heavy (non-hydrogen) atoms. The van der Waals surface area contributed by atoms with Crippen molar-refractivity contribution in [1.82, 2.24) is 0 Å². The average molecular weight is 451 g/mol. The summed E-state index contributed by atoms with van der Waals surface area (Å²) in [6.45, 7) is 13.2. The molecule has 0 aliphatic carbocycles. The maximum atomic E-state index is 12.2. The lowest BCUT2D eigenvalue weighted by molar-refractivity contribution is -0.134. The highest BCUT2D eigenvalue weighted by Gasteiger charge is 2.21. The monoisotopic (exact) mass is 450 g/mol. The molecule has 0 heterocycles. The van der Waals surface area contributed by atoms with Gasteiger partial charge in [0, 0.05) is 12.0 Å². The van der Waals surface area contributed by atoms with Crippen LogP contribution >= 0.6 is 0 Å². The lowest BCUT2D eigenvalue weighted by Crippen LogP contribution is -2.10. The molecule has 2 nitrogen and oxygen atoms in total. The van der Waals surface area contributed by atoms with Crippen LogP contribution < -0.4 is 4.74 Å². The first-order chi connectivity index (χ1) is 16.1. The topological polar surface area (TPSA) is 26.3 Å². The molecule has 0 aliphatic heterocycles. The zero-order valence-corrected chi connectivity index (χ0v) is 22.1. The SMILES string of the molecule is CCCCc1ccc(-c2c(CCCC)ccc(OC(=O)CC)c2CC)c(CC)c1CCCC. The molecular weight excluding hydrogens is 404 g/mol. The summed E-state index contributed by atoms with van der Waals surface area (Å²) in [6.07, 6.45) is 12.9. The summed E-state index contributed by atoms with van der Waals surface area (Å²) < 4.78 is 5.81. The first-order valence-electron chi connectivity index (χ1n) is 13.5. The highest BCUT2D eigenvalue weighted by molar-refractivity contribution is 5.80. The fraction of sp³-hybridized carbons (Fsp3) is 0.581. The van der Waals surface area contributed by atoms with Gasteiger partial charge in [-0.25, -0.2) is 0 Å². The highest BCUT2D eigenvalue weighted by atomic mass is 16.5. The Labute approximate surface area is 203 Å². The van der Waals surface area contributed by atoms with E-state index in [4.69, 9.17) is 4.74 Å². The van der Waals surface area contributed by atoms with Gasteiger partial charge in [-0.1, -0.05) is 79.0 Å². The third kappa shape index (κ3) is 6.95. The molecule has 0 saturated carbocycles. The molecule has 0 aromatic heterocycles. The van der Waals surface area contributed by atoms with Crippen LogP contribution in [0.25, 0.3) is 11.1 Å². The Kier molecular flexibility index (Phi) is 11.7. The van der Waals surface area contributed by atoms with Crippen LogP contribution in [0.2, 0.25) is 0 Å². The van der Waals surface area contributed by atoms with Crippen molar-refractivity contribution in [1.29, 1.82) is 0 Å². The Balaban J connectivity index is 2.77. The number of rotatable bonds is 14. The number of benzene rings is 2. The van der Waals surface area contributed by atoms with E-state index < -0.39 is 0 Å². The molecule has 0 radical (unpaired) electrons. The van der Waals surface area contributed by atoms with Crippen LogP contribution in [0.15, 0.2) is 24.3 Å². The van der Waals surface area contributed by atoms with E-state index in [1.165, 1.54) is 78.3 Å². The normalized spacial score (nSPS) is 11.1.